The van der Waals surface area contributed by atoms with E-state index in [1.165, 1.54) is 9.75 Å². The van der Waals surface area contributed by atoms with Crippen molar-refractivity contribution in [1.29, 1.82) is 0 Å². The number of nitrogens with zero attached hydrogens (tertiary/aromatic N) is 2. The first kappa shape index (κ1) is 9.52. The molecule has 2 heterocycles. The average Bonchev–Trinajstić information content (AvgIpc) is 2.75. The van der Waals surface area contributed by atoms with Gasteiger partial charge in [-0.3, -0.25) is 4.99 Å². The Labute approximate surface area is 88.5 Å². The molecule has 0 fully saturated rings. The van der Waals surface area contributed by atoms with Gasteiger partial charge in [0.25, 0.3) is 0 Å². The van der Waals surface area contributed by atoms with Gasteiger partial charge >= 0.3 is 0 Å². The molecule has 0 bridgehead atoms. The SMILES string of the molecule is Cc1ccc(CN(C)C2=NCCN2)s1. The van der Waals surface area contributed by atoms with Gasteiger partial charge in [-0.2, -0.15) is 0 Å². The van der Waals surface area contributed by atoms with Gasteiger partial charge in [-0.25, -0.2) is 0 Å². The fourth-order valence-corrected chi connectivity index (χ4v) is 2.46. The smallest absolute Gasteiger partial charge is 0.194 e. The van der Waals surface area contributed by atoms with Crippen LogP contribution in [0.4, 0.5) is 0 Å². The Morgan fingerprint density at radius 2 is 2.43 bits per heavy atom. The van der Waals surface area contributed by atoms with Crippen molar-refractivity contribution in [2.45, 2.75) is 13.5 Å². The van der Waals surface area contributed by atoms with Gasteiger partial charge in [0.2, 0.25) is 0 Å². The lowest BCUT2D eigenvalue weighted by molar-refractivity contribution is 0.491. The molecular weight excluding hydrogens is 194 g/mol. The first-order valence-corrected chi connectivity index (χ1v) is 5.62. The highest BCUT2D eigenvalue weighted by Gasteiger charge is 2.10. The van der Waals surface area contributed by atoms with Gasteiger partial charge in [0.15, 0.2) is 5.96 Å². The standard InChI is InChI=1S/C10H15N3S/c1-8-3-4-9(14-8)7-13(2)10-11-5-6-12-10/h3-4H,5-7H2,1-2H3,(H,11,12). The van der Waals surface area contributed by atoms with E-state index < -0.39 is 0 Å². The van der Waals surface area contributed by atoms with Crippen LogP contribution in [0, 0.1) is 6.92 Å². The Morgan fingerprint density at radius 1 is 1.57 bits per heavy atom. The highest BCUT2D eigenvalue weighted by atomic mass is 32.1. The number of guanidine groups is 1. The molecule has 14 heavy (non-hydrogen) atoms. The highest BCUT2D eigenvalue weighted by Crippen LogP contribution is 2.16. The van der Waals surface area contributed by atoms with Crippen LogP contribution in [0.2, 0.25) is 0 Å². The lowest BCUT2D eigenvalue weighted by atomic mass is 10.4. The van der Waals surface area contributed by atoms with Crippen LogP contribution < -0.4 is 5.32 Å². The molecule has 0 saturated heterocycles. The van der Waals surface area contributed by atoms with Crippen LogP contribution in [0.15, 0.2) is 17.1 Å². The van der Waals surface area contributed by atoms with E-state index in [1.807, 2.05) is 11.3 Å². The van der Waals surface area contributed by atoms with Gasteiger partial charge in [0.1, 0.15) is 0 Å². The van der Waals surface area contributed by atoms with Gasteiger partial charge in [0, 0.05) is 23.3 Å². The summed E-state index contributed by atoms with van der Waals surface area (Å²) in [6, 6.07) is 4.35. The second kappa shape index (κ2) is 4.00. The van der Waals surface area contributed by atoms with Gasteiger partial charge in [-0.1, -0.05) is 0 Å². The van der Waals surface area contributed by atoms with E-state index in [9.17, 15) is 0 Å². The van der Waals surface area contributed by atoms with E-state index in [-0.39, 0.29) is 0 Å². The molecule has 0 unspecified atom stereocenters. The minimum Gasteiger partial charge on any atom is -0.354 e. The van der Waals surface area contributed by atoms with E-state index in [0.29, 0.717) is 0 Å². The lowest BCUT2D eigenvalue weighted by Gasteiger charge is -2.17. The molecule has 3 nitrogen and oxygen atoms in total. The second-order valence-electron chi connectivity index (χ2n) is 3.50. The second-order valence-corrected chi connectivity index (χ2v) is 4.87. The molecule has 0 saturated carbocycles. The molecule has 1 aliphatic rings. The number of thiophene rings is 1. The van der Waals surface area contributed by atoms with Crippen molar-refractivity contribution in [2.24, 2.45) is 4.99 Å². The molecule has 0 aromatic carbocycles. The fourth-order valence-electron chi connectivity index (χ4n) is 1.52. The van der Waals surface area contributed by atoms with Gasteiger partial charge in [0.05, 0.1) is 13.1 Å². The Kier molecular flexibility index (Phi) is 2.72. The van der Waals surface area contributed by atoms with Crippen molar-refractivity contribution in [1.82, 2.24) is 10.2 Å². The summed E-state index contributed by atoms with van der Waals surface area (Å²) in [6.07, 6.45) is 0. The monoisotopic (exact) mass is 209 g/mol. The molecule has 4 heteroatoms. The quantitative estimate of drug-likeness (QED) is 0.798. The predicted molar refractivity (Wildman–Crippen MR) is 60.8 cm³/mol. The number of hydrogen-bond donors (Lipinski definition) is 1. The minimum absolute atomic E-state index is 0.906. The Bertz CT molecular complexity index is 343. The van der Waals surface area contributed by atoms with Crippen LogP contribution in [0.3, 0.4) is 0 Å². The zero-order valence-electron chi connectivity index (χ0n) is 8.58. The molecule has 2 rings (SSSR count). The van der Waals surface area contributed by atoms with Crippen molar-refractivity contribution < 1.29 is 0 Å². The first-order valence-electron chi connectivity index (χ1n) is 4.80. The number of aliphatic imine (C=N–C) groups is 1. The first-order chi connectivity index (χ1) is 6.75. The molecule has 0 spiro atoms. The van der Waals surface area contributed by atoms with Crippen LogP contribution >= 0.6 is 11.3 Å². The van der Waals surface area contributed by atoms with Crippen LogP contribution in [0.1, 0.15) is 9.75 Å². The Hall–Kier alpha value is -1.03. The zero-order chi connectivity index (χ0) is 9.97. The third kappa shape index (κ3) is 2.07. The number of hydrogen-bond acceptors (Lipinski definition) is 4. The molecule has 0 aliphatic carbocycles. The van der Waals surface area contributed by atoms with E-state index >= 15 is 0 Å². The predicted octanol–water partition coefficient (Wildman–Crippen LogP) is 1.45. The summed E-state index contributed by atoms with van der Waals surface area (Å²) < 4.78 is 0. The summed E-state index contributed by atoms with van der Waals surface area (Å²) in [5.74, 6) is 1.02. The topological polar surface area (TPSA) is 27.6 Å². The van der Waals surface area contributed by atoms with E-state index in [2.05, 4.69) is 41.3 Å². The largest absolute Gasteiger partial charge is 0.354 e. The maximum atomic E-state index is 4.37. The third-order valence-electron chi connectivity index (χ3n) is 2.21. The summed E-state index contributed by atoms with van der Waals surface area (Å²) in [7, 11) is 2.08. The van der Waals surface area contributed by atoms with E-state index in [1.54, 1.807) is 0 Å². The molecule has 1 aliphatic heterocycles. The highest BCUT2D eigenvalue weighted by molar-refractivity contribution is 7.11. The van der Waals surface area contributed by atoms with Crippen molar-refractivity contribution >= 4 is 17.3 Å². The summed E-state index contributed by atoms with van der Waals surface area (Å²) >= 11 is 1.85. The summed E-state index contributed by atoms with van der Waals surface area (Å²) in [5, 5.41) is 3.26. The van der Waals surface area contributed by atoms with Gasteiger partial charge in [-0.05, 0) is 19.1 Å². The van der Waals surface area contributed by atoms with Crippen molar-refractivity contribution in [3.8, 4) is 0 Å². The van der Waals surface area contributed by atoms with E-state index in [0.717, 1.165) is 25.6 Å². The normalized spacial score (nSPS) is 15.1. The maximum Gasteiger partial charge on any atom is 0.194 e. The summed E-state index contributed by atoms with van der Waals surface area (Å²) in [4.78, 5) is 9.30. The molecular formula is C10H15N3S. The van der Waals surface area contributed by atoms with Gasteiger partial charge in [-0.15, -0.1) is 11.3 Å². The molecule has 76 valence electrons. The summed E-state index contributed by atoms with van der Waals surface area (Å²) in [6.45, 7) is 4.97. The minimum atomic E-state index is 0.906. The van der Waals surface area contributed by atoms with Crippen molar-refractivity contribution in [2.75, 3.05) is 20.1 Å². The molecule has 1 aromatic rings. The average molecular weight is 209 g/mol. The zero-order valence-corrected chi connectivity index (χ0v) is 9.40. The van der Waals surface area contributed by atoms with Crippen LogP contribution in [0.25, 0.3) is 0 Å². The Balaban J connectivity index is 1.97. The van der Waals surface area contributed by atoms with Crippen LogP contribution in [-0.2, 0) is 6.54 Å². The molecule has 1 aromatic heterocycles. The van der Waals surface area contributed by atoms with Crippen LogP contribution in [0.5, 0.6) is 0 Å². The van der Waals surface area contributed by atoms with E-state index in [4.69, 9.17) is 0 Å². The number of aryl methyl sites for hydroxylation is 1. The van der Waals surface area contributed by atoms with Crippen molar-refractivity contribution in [3.05, 3.63) is 21.9 Å². The van der Waals surface area contributed by atoms with Crippen molar-refractivity contribution in [3.63, 3.8) is 0 Å². The van der Waals surface area contributed by atoms with Gasteiger partial charge < -0.3 is 10.2 Å². The van der Waals surface area contributed by atoms with Crippen LogP contribution in [-0.4, -0.2) is 31.0 Å². The number of rotatable bonds is 2. The molecule has 0 radical (unpaired) electrons. The number of nitrogens with one attached hydrogen (secondary N) is 1. The molecule has 1 N–H and O–H groups in total. The fraction of sp³-hybridized carbons (Fsp3) is 0.500. The molecule has 0 amide bonds. The summed E-state index contributed by atoms with van der Waals surface area (Å²) in [5.41, 5.74) is 0. The Morgan fingerprint density at radius 3 is 3.00 bits per heavy atom. The maximum absolute atomic E-state index is 4.37. The third-order valence-corrected chi connectivity index (χ3v) is 3.19. The molecule has 0 atom stereocenters. The lowest BCUT2D eigenvalue weighted by Crippen LogP contribution is -2.34.